The summed E-state index contributed by atoms with van der Waals surface area (Å²) in [5.74, 6) is -0.909. The molecule has 1 atom stereocenters. The largest absolute Gasteiger partial charge is 0.481 e. The fraction of sp³-hybridized carbons (Fsp3) is 0.421. The monoisotopic (exact) mass is 392 g/mol. The highest BCUT2D eigenvalue weighted by Crippen LogP contribution is 2.35. The number of carboxylic acid groups (broad SMARTS) is 1. The highest BCUT2D eigenvalue weighted by molar-refractivity contribution is 6.33. The van der Waals surface area contributed by atoms with Crippen LogP contribution in [0.3, 0.4) is 0 Å². The first kappa shape index (κ1) is 19.4. The first-order chi connectivity index (χ1) is 12.9. The van der Waals surface area contributed by atoms with Crippen molar-refractivity contribution in [3.8, 4) is 11.3 Å². The van der Waals surface area contributed by atoms with E-state index in [1.807, 2.05) is 0 Å². The minimum Gasteiger partial charge on any atom is -0.481 e. The van der Waals surface area contributed by atoms with Gasteiger partial charge in [-0.25, -0.2) is 0 Å². The standard InChI is InChI=1S/C19H21ClN2O5/c1-12-15(16(21-27-12)13-6-3-4-7-14(13)20)17(23)22-9-5-8-19(10-22,11-26-2)18(24)25/h3-4,6-7H,5,8-11H2,1-2H3,(H,24,25). The minimum absolute atomic E-state index is 0.0477. The molecule has 2 aromatic rings. The Morgan fingerprint density at radius 3 is 2.81 bits per heavy atom. The molecule has 3 rings (SSSR count). The summed E-state index contributed by atoms with van der Waals surface area (Å²) < 4.78 is 10.4. The zero-order valence-corrected chi connectivity index (χ0v) is 16.0. The number of methoxy groups -OCH3 is 1. The van der Waals surface area contributed by atoms with Gasteiger partial charge in [0.1, 0.15) is 22.4 Å². The molecule has 1 fully saturated rings. The van der Waals surface area contributed by atoms with Crippen LogP contribution >= 0.6 is 11.6 Å². The molecule has 0 saturated carbocycles. The van der Waals surface area contributed by atoms with Crippen molar-refractivity contribution in [1.29, 1.82) is 0 Å². The summed E-state index contributed by atoms with van der Waals surface area (Å²) in [5, 5.41) is 14.2. The molecular weight excluding hydrogens is 372 g/mol. The van der Waals surface area contributed by atoms with Crippen LogP contribution < -0.4 is 0 Å². The van der Waals surface area contributed by atoms with Crippen LogP contribution in [0.2, 0.25) is 5.02 Å². The summed E-state index contributed by atoms with van der Waals surface area (Å²) in [5.41, 5.74) is 0.152. The predicted molar refractivity (Wildman–Crippen MR) is 98.8 cm³/mol. The number of halogens is 1. The Hall–Kier alpha value is -2.38. The Morgan fingerprint density at radius 2 is 2.15 bits per heavy atom. The Bertz CT molecular complexity index is 862. The Morgan fingerprint density at radius 1 is 1.41 bits per heavy atom. The molecule has 1 aromatic carbocycles. The lowest BCUT2D eigenvalue weighted by atomic mass is 9.80. The van der Waals surface area contributed by atoms with Gasteiger partial charge in [0.25, 0.3) is 5.91 Å². The van der Waals surface area contributed by atoms with Gasteiger partial charge in [-0.3, -0.25) is 9.59 Å². The van der Waals surface area contributed by atoms with Crippen molar-refractivity contribution in [2.75, 3.05) is 26.8 Å². The molecule has 0 radical (unpaired) electrons. The number of aliphatic carboxylic acids is 1. The number of benzene rings is 1. The van der Waals surface area contributed by atoms with E-state index in [0.29, 0.717) is 47.0 Å². The molecule has 1 N–H and O–H groups in total. The molecule has 7 nitrogen and oxygen atoms in total. The third-order valence-electron chi connectivity index (χ3n) is 4.94. The number of hydrogen-bond donors (Lipinski definition) is 1. The summed E-state index contributed by atoms with van der Waals surface area (Å²) in [6.45, 7) is 2.24. The number of piperidine rings is 1. The number of amides is 1. The van der Waals surface area contributed by atoms with E-state index >= 15 is 0 Å². The maximum atomic E-state index is 13.3. The zero-order valence-electron chi connectivity index (χ0n) is 15.2. The third kappa shape index (κ3) is 3.57. The molecule has 1 aliphatic rings. The number of aryl methyl sites for hydroxylation is 1. The highest BCUT2D eigenvalue weighted by atomic mass is 35.5. The Kier molecular flexibility index (Phi) is 5.53. The van der Waals surface area contributed by atoms with E-state index < -0.39 is 11.4 Å². The van der Waals surface area contributed by atoms with E-state index in [0.717, 1.165) is 0 Å². The molecule has 1 aromatic heterocycles. The van der Waals surface area contributed by atoms with E-state index in [-0.39, 0.29) is 19.1 Å². The maximum Gasteiger partial charge on any atom is 0.313 e. The predicted octanol–water partition coefficient (Wildman–Crippen LogP) is 3.26. The van der Waals surface area contributed by atoms with Gasteiger partial charge >= 0.3 is 5.97 Å². The van der Waals surface area contributed by atoms with Gasteiger partial charge in [-0.2, -0.15) is 0 Å². The average molecular weight is 393 g/mol. The normalized spacial score (nSPS) is 19.9. The lowest BCUT2D eigenvalue weighted by Crippen LogP contribution is -2.52. The summed E-state index contributed by atoms with van der Waals surface area (Å²) >= 11 is 6.26. The molecule has 2 heterocycles. The molecular formula is C19H21ClN2O5. The minimum atomic E-state index is -1.11. The first-order valence-corrected chi connectivity index (χ1v) is 9.00. The molecule has 1 amide bonds. The molecule has 27 heavy (non-hydrogen) atoms. The second kappa shape index (κ2) is 7.70. The van der Waals surface area contributed by atoms with Gasteiger partial charge < -0.3 is 19.3 Å². The molecule has 0 bridgehead atoms. The number of carbonyl (C=O) groups is 2. The molecule has 1 saturated heterocycles. The van der Waals surface area contributed by atoms with Crippen LogP contribution in [0.4, 0.5) is 0 Å². The van der Waals surface area contributed by atoms with Crippen molar-refractivity contribution in [2.24, 2.45) is 5.41 Å². The molecule has 1 unspecified atom stereocenters. The number of likely N-dealkylation sites (tertiary alicyclic amines) is 1. The number of rotatable bonds is 5. The van der Waals surface area contributed by atoms with Crippen molar-refractivity contribution in [3.63, 3.8) is 0 Å². The lowest BCUT2D eigenvalue weighted by Gasteiger charge is -2.39. The third-order valence-corrected chi connectivity index (χ3v) is 5.27. The van der Waals surface area contributed by atoms with E-state index in [1.54, 1.807) is 31.2 Å². The van der Waals surface area contributed by atoms with Gasteiger partial charge in [0, 0.05) is 25.8 Å². The van der Waals surface area contributed by atoms with Crippen LogP contribution in [0.1, 0.15) is 29.0 Å². The molecule has 1 aliphatic heterocycles. The second-order valence-corrected chi connectivity index (χ2v) is 7.20. The highest BCUT2D eigenvalue weighted by Gasteiger charge is 2.44. The summed E-state index contributed by atoms with van der Waals surface area (Å²) in [7, 11) is 1.46. The summed E-state index contributed by atoms with van der Waals surface area (Å²) in [6.07, 6.45) is 1.03. The van der Waals surface area contributed by atoms with Gasteiger partial charge in [0.15, 0.2) is 0 Å². The van der Waals surface area contributed by atoms with E-state index in [4.69, 9.17) is 20.9 Å². The number of carbonyl (C=O) groups excluding carboxylic acids is 1. The number of carboxylic acids is 1. The quantitative estimate of drug-likeness (QED) is 0.839. The molecule has 144 valence electrons. The first-order valence-electron chi connectivity index (χ1n) is 8.62. The second-order valence-electron chi connectivity index (χ2n) is 6.79. The summed E-state index contributed by atoms with van der Waals surface area (Å²) in [4.78, 5) is 26.6. The number of nitrogens with zero attached hydrogens (tertiary/aromatic N) is 2. The van der Waals surface area contributed by atoms with Gasteiger partial charge in [-0.15, -0.1) is 0 Å². The lowest BCUT2D eigenvalue weighted by molar-refractivity contribution is -0.155. The molecule has 8 heteroatoms. The van der Waals surface area contributed by atoms with E-state index in [2.05, 4.69) is 5.16 Å². The number of aromatic nitrogens is 1. The van der Waals surface area contributed by atoms with Crippen LogP contribution in [0.5, 0.6) is 0 Å². The van der Waals surface area contributed by atoms with Crippen LogP contribution in [0, 0.1) is 12.3 Å². The van der Waals surface area contributed by atoms with Crippen molar-refractivity contribution < 1.29 is 24.0 Å². The smallest absolute Gasteiger partial charge is 0.313 e. The van der Waals surface area contributed by atoms with Gasteiger partial charge in [-0.05, 0) is 25.8 Å². The van der Waals surface area contributed by atoms with Gasteiger partial charge in [-0.1, -0.05) is 35.0 Å². The number of ether oxygens (including phenoxy) is 1. The Balaban J connectivity index is 1.96. The molecule has 0 spiro atoms. The van der Waals surface area contributed by atoms with Crippen LogP contribution in [-0.4, -0.2) is 53.8 Å². The topological polar surface area (TPSA) is 92.9 Å². The van der Waals surface area contributed by atoms with Crippen molar-refractivity contribution in [2.45, 2.75) is 19.8 Å². The zero-order chi connectivity index (χ0) is 19.6. The average Bonchev–Trinajstić information content (AvgIpc) is 3.03. The van der Waals surface area contributed by atoms with Crippen LogP contribution in [-0.2, 0) is 9.53 Å². The fourth-order valence-corrected chi connectivity index (χ4v) is 3.78. The number of hydrogen-bond acceptors (Lipinski definition) is 5. The van der Waals surface area contributed by atoms with E-state index in [9.17, 15) is 14.7 Å². The van der Waals surface area contributed by atoms with Gasteiger partial charge in [0.2, 0.25) is 0 Å². The van der Waals surface area contributed by atoms with Crippen molar-refractivity contribution >= 4 is 23.5 Å². The SMILES string of the molecule is COCC1(C(=O)O)CCCN(C(=O)c2c(-c3ccccc3Cl)noc2C)C1. The maximum absolute atomic E-state index is 13.3. The fourth-order valence-electron chi connectivity index (χ4n) is 3.55. The van der Waals surface area contributed by atoms with Crippen molar-refractivity contribution in [3.05, 3.63) is 40.6 Å². The van der Waals surface area contributed by atoms with Crippen molar-refractivity contribution in [1.82, 2.24) is 10.1 Å². The molecule has 0 aliphatic carbocycles. The Labute approximate surface area is 161 Å². The summed E-state index contributed by atoms with van der Waals surface area (Å²) in [6, 6.07) is 7.06. The van der Waals surface area contributed by atoms with Gasteiger partial charge in [0.05, 0.1) is 11.6 Å². The van der Waals surface area contributed by atoms with Crippen LogP contribution in [0.25, 0.3) is 11.3 Å². The van der Waals surface area contributed by atoms with E-state index in [1.165, 1.54) is 12.0 Å². The van der Waals surface area contributed by atoms with Crippen LogP contribution in [0.15, 0.2) is 28.8 Å².